The van der Waals surface area contributed by atoms with Gasteiger partial charge in [0.05, 0.1) is 6.04 Å². The van der Waals surface area contributed by atoms with Crippen LogP contribution in [0.3, 0.4) is 0 Å². The lowest BCUT2D eigenvalue weighted by molar-refractivity contribution is -0.117. The van der Waals surface area contributed by atoms with Gasteiger partial charge in [0.2, 0.25) is 5.91 Å². The molecule has 1 heterocycles. The summed E-state index contributed by atoms with van der Waals surface area (Å²) < 4.78 is 0. The summed E-state index contributed by atoms with van der Waals surface area (Å²) in [6, 6.07) is 9.65. The molecule has 1 saturated heterocycles. The van der Waals surface area contributed by atoms with Gasteiger partial charge in [0.1, 0.15) is 0 Å². The number of nitrogens with one attached hydrogen (secondary N) is 1. The Morgan fingerprint density at radius 3 is 2.21 bits per heavy atom. The van der Waals surface area contributed by atoms with Gasteiger partial charge in [0.25, 0.3) is 0 Å². The van der Waals surface area contributed by atoms with Crippen LogP contribution in [0.25, 0.3) is 0 Å². The summed E-state index contributed by atoms with van der Waals surface area (Å²) >= 11 is 1.89. The number of amides is 1. The number of aliphatic imine (C=N–C) groups is 1. The van der Waals surface area contributed by atoms with Gasteiger partial charge in [-0.3, -0.25) is 9.79 Å². The molecule has 1 N–H and O–H groups in total. The number of halogens is 1. The second kappa shape index (κ2) is 12.0. The minimum absolute atomic E-state index is 0. The van der Waals surface area contributed by atoms with Gasteiger partial charge in [-0.25, -0.2) is 0 Å². The third-order valence-corrected chi connectivity index (χ3v) is 8.44. The van der Waals surface area contributed by atoms with E-state index < -0.39 is 0 Å². The monoisotopic (exact) mass is 491 g/mol. The van der Waals surface area contributed by atoms with Gasteiger partial charge in [-0.2, -0.15) is 0 Å². The molecule has 0 bridgehead atoms. The summed E-state index contributed by atoms with van der Waals surface area (Å²) in [6.45, 7) is 6.64. The molecule has 4 nitrogen and oxygen atoms in total. The number of hydrogen-bond acceptors (Lipinski definition) is 3. The predicted octanol–water partition coefficient (Wildman–Crippen LogP) is 7.17. The van der Waals surface area contributed by atoms with Crippen molar-refractivity contribution in [2.45, 2.75) is 115 Å². The average Bonchev–Trinajstić information content (AvgIpc) is 3.16. The summed E-state index contributed by atoms with van der Waals surface area (Å²) in [5.41, 5.74) is 2.31. The second-order valence-corrected chi connectivity index (χ2v) is 11.9. The fourth-order valence-corrected chi connectivity index (χ4v) is 6.69. The standard InChI is InChI=1S/C27H41N3OS.ClH/c1-27(2,3)20-14-16-22(17-15-20)28-25(31)18-24-19-32-26(29-21-10-6-4-7-11-21)30(24)23-12-8-5-9-13-23;/h14-17,21,23-24H,4-13,18-19H2,1-3H3,(H,28,31);1H. The minimum atomic E-state index is 0. The lowest BCUT2D eigenvalue weighted by Crippen LogP contribution is -2.45. The zero-order chi connectivity index (χ0) is 22.6. The van der Waals surface area contributed by atoms with E-state index in [0.29, 0.717) is 18.5 Å². The van der Waals surface area contributed by atoms with Crippen molar-refractivity contribution in [3.8, 4) is 0 Å². The lowest BCUT2D eigenvalue weighted by Gasteiger charge is -2.37. The van der Waals surface area contributed by atoms with E-state index in [1.165, 1.54) is 74.9 Å². The van der Waals surface area contributed by atoms with Crippen molar-refractivity contribution in [2.75, 3.05) is 11.1 Å². The first-order valence-corrected chi connectivity index (χ1v) is 13.8. The molecule has 4 rings (SSSR count). The Morgan fingerprint density at radius 1 is 1.00 bits per heavy atom. The highest BCUT2D eigenvalue weighted by Crippen LogP contribution is 2.35. The van der Waals surface area contributed by atoms with Crippen molar-refractivity contribution in [3.63, 3.8) is 0 Å². The van der Waals surface area contributed by atoms with Gasteiger partial charge in [-0.1, -0.05) is 83.2 Å². The number of benzene rings is 1. The summed E-state index contributed by atoms with van der Waals surface area (Å²) in [5.74, 6) is 1.11. The molecule has 2 aliphatic carbocycles. The smallest absolute Gasteiger partial charge is 0.226 e. The summed E-state index contributed by atoms with van der Waals surface area (Å²) in [4.78, 5) is 20.8. The van der Waals surface area contributed by atoms with Gasteiger partial charge < -0.3 is 10.2 Å². The maximum Gasteiger partial charge on any atom is 0.226 e. The molecule has 1 aromatic rings. The van der Waals surface area contributed by atoms with Crippen LogP contribution >= 0.6 is 24.2 Å². The van der Waals surface area contributed by atoms with Gasteiger partial charge in [-0.15, -0.1) is 12.4 Å². The number of hydrogen-bond donors (Lipinski definition) is 1. The van der Waals surface area contributed by atoms with Crippen LogP contribution in [-0.2, 0) is 10.2 Å². The average molecular weight is 492 g/mol. The largest absolute Gasteiger partial charge is 0.344 e. The fraction of sp³-hybridized carbons (Fsp3) is 0.704. The zero-order valence-corrected chi connectivity index (χ0v) is 22.3. The van der Waals surface area contributed by atoms with E-state index in [-0.39, 0.29) is 29.8 Å². The van der Waals surface area contributed by atoms with E-state index in [1.54, 1.807) is 0 Å². The molecule has 1 amide bonds. The van der Waals surface area contributed by atoms with Crippen molar-refractivity contribution < 1.29 is 4.79 Å². The van der Waals surface area contributed by atoms with Crippen molar-refractivity contribution in [1.29, 1.82) is 0 Å². The van der Waals surface area contributed by atoms with Crippen molar-refractivity contribution >= 4 is 40.9 Å². The third kappa shape index (κ3) is 7.14. The molecule has 0 radical (unpaired) electrons. The fourth-order valence-electron chi connectivity index (χ4n) is 5.40. The highest BCUT2D eigenvalue weighted by molar-refractivity contribution is 8.14. The number of anilines is 1. The highest BCUT2D eigenvalue weighted by atomic mass is 35.5. The molecule has 1 aromatic carbocycles. The van der Waals surface area contributed by atoms with Crippen LogP contribution in [0.4, 0.5) is 5.69 Å². The maximum absolute atomic E-state index is 13.0. The highest BCUT2D eigenvalue weighted by Gasteiger charge is 2.37. The summed E-state index contributed by atoms with van der Waals surface area (Å²) in [6.07, 6.45) is 13.5. The summed E-state index contributed by atoms with van der Waals surface area (Å²) in [7, 11) is 0. The molecule has 0 aromatic heterocycles. The van der Waals surface area contributed by atoms with Crippen LogP contribution in [0.2, 0.25) is 0 Å². The number of rotatable bonds is 5. The van der Waals surface area contributed by atoms with E-state index in [4.69, 9.17) is 4.99 Å². The van der Waals surface area contributed by atoms with Crippen LogP contribution < -0.4 is 5.32 Å². The Kier molecular flexibility index (Phi) is 9.58. The molecule has 1 aliphatic heterocycles. The van der Waals surface area contributed by atoms with E-state index >= 15 is 0 Å². The molecule has 3 aliphatic rings. The van der Waals surface area contributed by atoms with E-state index in [0.717, 1.165) is 11.4 Å². The quantitative estimate of drug-likeness (QED) is 0.474. The SMILES string of the molecule is CC(C)(C)c1ccc(NC(=O)CC2CSC(=NC3CCCCC3)N2C2CCCCC2)cc1.Cl. The molecule has 3 fully saturated rings. The van der Waals surface area contributed by atoms with Crippen LogP contribution in [0, 0.1) is 0 Å². The zero-order valence-electron chi connectivity index (χ0n) is 20.6. The molecule has 1 unspecified atom stereocenters. The molecule has 6 heteroatoms. The number of nitrogens with zero attached hydrogens (tertiary/aromatic N) is 2. The van der Waals surface area contributed by atoms with Crippen LogP contribution in [0.15, 0.2) is 29.3 Å². The second-order valence-electron chi connectivity index (χ2n) is 10.9. The number of carbonyl (C=O) groups excluding carboxylic acids is 1. The molecule has 1 atom stereocenters. The van der Waals surface area contributed by atoms with Gasteiger partial charge in [-0.05, 0) is 48.8 Å². The van der Waals surface area contributed by atoms with E-state index in [2.05, 4.69) is 43.1 Å². The molecule has 33 heavy (non-hydrogen) atoms. The minimum Gasteiger partial charge on any atom is -0.344 e. The molecular weight excluding hydrogens is 450 g/mol. The summed E-state index contributed by atoms with van der Waals surface area (Å²) in [5, 5.41) is 4.38. The first kappa shape index (κ1) is 26.4. The van der Waals surface area contributed by atoms with Crippen molar-refractivity contribution in [1.82, 2.24) is 4.90 Å². The normalized spacial score (nSPS) is 24.0. The van der Waals surface area contributed by atoms with E-state index in [1.807, 2.05) is 23.9 Å². The predicted molar refractivity (Wildman–Crippen MR) is 145 cm³/mol. The van der Waals surface area contributed by atoms with Crippen molar-refractivity contribution in [2.24, 2.45) is 4.99 Å². The number of amidine groups is 1. The van der Waals surface area contributed by atoms with Crippen LogP contribution in [0.5, 0.6) is 0 Å². The van der Waals surface area contributed by atoms with Gasteiger partial charge in [0.15, 0.2) is 5.17 Å². The number of thioether (sulfide) groups is 1. The molecular formula is C27H42ClN3OS. The first-order chi connectivity index (χ1) is 15.4. The Morgan fingerprint density at radius 2 is 1.61 bits per heavy atom. The van der Waals surface area contributed by atoms with Gasteiger partial charge in [0, 0.05) is 29.9 Å². The number of carbonyl (C=O) groups is 1. The third-order valence-electron chi connectivity index (χ3n) is 7.31. The van der Waals surface area contributed by atoms with Crippen LogP contribution in [0.1, 0.15) is 97.0 Å². The topological polar surface area (TPSA) is 44.7 Å². The lowest BCUT2D eigenvalue weighted by atomic mass is 9.87. The first-order valence-electron chi connectivity index (χ1n) is 12.8. The molecule has 184 valence electrons. The van der Waals surface area contributed by atoms with Crippen LogP contribution in [-0.4, -0.2) is 39.9 Å². The Hall–Kier alpha value is -1.20. The Bertz CT molecular complexity index is 793. The Labute approximate surface area is 211 Å². The molecule has 0 spiro atoms. The van der Waals surface area contributed by atoms with Gasteiger partial charge >= 0.3 is 0 Å². The Balaban J connectivity index is 0.00000306. The van der Waals surface area contributed by atoms with E-state index in [9.17, 15) is 4.79 Å². The van der Waals surface area contributed by atoms with Crippen molar-refractivity contribution in [3.05, 3.63) is 29.8 Å². The molecule has 2 saturated carbocycles. The maximum atomic E-state index is 13.0.